The number of ether oxygens (including phenoxy) is 4. The fraction of sp³-hybridized carbons (Fsp3) is 0.478. The topological polar surface area (TPSA) is 87.9 Å². The molecule has 6 rings (SSSR count). The van der Waals surface area contributed by atoms with E-state index in [1.807, 2.05) is 30.7 Å². The fourth-order valence-electron chi connectivity index (χ4n) is 4.58. The molecule has 33 heavy (non-hydrogen) atoms. The van der Waals surface area contributed by atoms with Gasteiger partial charge in [-0.3, -0.25) is 0 Å². The maximum atomic E-state index is 11.4. The molecule has 2 aliphatic heterocycles. The summed E-state index contributed by atoms with van der Waals surface area (Å²) in [7, 11) is 0. The van der Waals surface area contributed by atoms with E-state index in [4.69, 9.17) is 42.1 Å². The van der Waals surface area contributed by atoms with Crippen molar-refractivity contribution in [2.45, 2.75) is 69.2 Å². The molecular weight excluding hydrogens is 469 g/mol. The van der Waals surface area contributed by atoms with Crippen molar-refractivity contribution in [1.29, 1.82) is 0 Å². The Kier molecular flexibility index (Phi) is 5.10. The zero-order chi connectivity index (χ0) is 22.9. The van der Waals surface area contributed by atoms with E-state index in [0.29, 0.717) is 32.5 Å². The van der Waals surface area contributed by atoms with Gasteiger partial charge in [-0.2, -0.15) is 0 Å². The summed E-state index contributed by atoms with van der Waals surface area (Å²) in [4.78, 5) is 8.42. The summed E-state index contributed by atoms with van der Waals surface area (Å²) in [6.45, 7) is 3.70. The number of benzene rings is 1. The van der Waals surface area contributed by atoms with E-state index in [1.54, 1.807) is 18.2 Å². The van der Waals surface area contributed by atoms with Gasteiger partial charge in [-0.1, -0.05) is 29.3 Å². The quantitative estimate of drug-likeness (QED) is 0.528. The molecule has 2 aromatic heterocycles. The highest BCUT2D eigenvalue weighted by molar-refractivity contribution is 6.34. The highest BCUT2D eigenvalue weighted by Gasteiger charge is 2.58. The Morgan fingerprint density at radius 1 is 1.15 bits per heavy atom. The van der Waals surface area contributed by atoms with E-state index in [2.05, 4.69) is 9.97 Å². The van der Waals surface area contributed by atoms with Crippen molar-refractivity contribution in [2.75, 3.05) is 0 Å². The van der Waals surface area contributed by atoms with Crippen LogP contribution in [-0.2, 0) is 14.2 Å². The highest BCUT2D eigenvalue weighted by Crippen LogP contribution is 2.47. The maximum absolute atomic E-state index is 11.4. The van der Waals surface area contributed by atoms with Crippen LogP contribution in [-0.4, -0.2) is 49.8 Å². The van der Waals surface area contributed by atoms with Crippen LogP contribution >= 0.6 is 23.2 Å². The van der Waals surface area contributed by atoms with Crippen molar-refractivity contribution in [2.24, 2.45) is 0 Å². The van der Waals surface area contributed by atoms with E-state index >= 15 is 0 Å². The largest absolute Gasteiger partial charge is 0.489 e. The first-order chi connectivity index (χ1) is 15.8. The minimum atomic E-state index is -0.987. The molecule has 0 bridgehead atoms. The first-order valence-electron chi connectivity index (χ1n) is 10.9. The third-order valence-corrected chi connectivity index (χ3v) is 6.84. The van der Waals surface area contributed by atoms with Crippen molar-refractivity contribution in [3.63, 3.8) is 0 Å². The van der Waals surface area contributed by atoms with E-state index in [9.17, 15) is 5.11 Å². The molecular formula is C23H23Cl2N3O5. The first kappa shape index (κ1) is 21.6. The Labute approximate surface area is 200 Å². The van der Waals surface area contributed by atoms with Gasteiger partial charge in [0, 0.05) is 6.20 Å². The second kappa shape index (κ2) is 7.80. The molecule has 0 spiro atoms. The number of rotatable bonds is 5. The van der Waals surface area contributed by atoms with Crippen molar-refractivity contribution < 1.29 is 24.1 Å². The molecule has 0 amide bonds. The summed E-state index contributed by atoms with van der Waals surface area (Å²) in [5.74, 6) is -0.265. The lowest BCUT2D eigenvalue weighted by atomic mass is 9.99. The van der Waals surface area contributed by atoms with Crippen molar-refractivity contribution >= 4 is 34.2 Å². The molecule has 0 unspecified atom stereocenters. The maximum Gasteiger partial charge on any atom is 0.164 e. The van der Waals surface area contributed by atoms with Gasteiger partial charge in [-0.05, 0) is 50.5 Å². The van der Waals surface area contributed by atoms with Crippen molar-refractivity contribution in [3.8, 4) is 5.75 Å². The number of aromatic nitrogens is 3. The normalized spacial score (nSPS) is 29.4. The monoisotopic (exact) mass is 491 g/mol. The SMILES string of the molecule is CC1(C)O[C@H]2[C@@H](O1)[C@H](n1ccc3c(Cl)ncnc31)O[C@@H]2[C@H](O)c1ccc(Cl)c(OC2CC2)c1. The van der Waals surface area contributed by atoms with Crippen LogP contribution in [0.15, 0.2) is 36.8 Å². The Morgan fingerprint density at radius 2 is 1.94 bits per heavy atom. The van der Waals surface area contributed by atoms with Gasteiger partial charge in [0.2, 0.25) is 0 Å². The lowest BCUT2D eigenvalue weighted by molar-refractivity contribution is -0.207. The second-order valence-corrected chi connectivity index (χ2v) is 9.90. The molecule has 3 aliphatic rings. The summed E-state index contributed by atoms with van der Waals surface area (Å²) in [5, 5.41) is 12.9. The molecule has 5 atom stereocenters. The smallest absolute Gasteiger partial charge is 0.164 e. The lowest BCUT2D eigenvalue weighted by Gasteiger charge is -2.27. The Balaban J connectivity index is 1.35. The molecule has 1 saturated carbocycles. The molecule has 2 saturated heterocycles. The summed E-state index contributed by atoms with van der Waals surface area (Å²) < 4.78 is 26.5. The van der Waals surface area contributed by atoms with Crippen molar-refractivity contribution in [3.05, 3.63) is 52.5 Å². The average Bonchev–Trinajstić information content (AvgIpc) is 3.25. The molecule has 174 valence electrons. The first-order valence-corrected chi connectivity index (χ1v) is 11.7. The number of halogens is 2. The van der Waals surface area contributed by atoms with Gasteiger partial charge in [0.1, 0.15) is 47.3 Å². The second-order valence-electron chi connectivity index (χ2n) is 9.13. The summed E-state index contributed by atoms with van der Waals surface area (Å²) >= 11 is 12.5. The predicted molar refractivity (Wildman–Crippen MR) is 120 cm³/mol. The predicted octanol–water partition coefficient (Wildman–Crippen LogP) is 4.43. The summed E-state index contributed by atoms with van der Waals surface area (Å²) in [6, 6.07) is 7.12. The molecule has 0 radical (unpaired) electrons. The summed E-state index contributed by atoms with van der Waals surface area (Å²) in [6.07, 6.45) is 2.24. The van der Waals surface area contributed by atoms with Gasteiger partial charge >= 0.3 is 0 Å². The van der Waals surface area contributed by atoms with E-state index in [1.165, 1.54) is 6.33 Å². The molecule has 1 aliphatic carbocycles. The molecule has 3 fully saturated rings. The average molecular weight is 492 g/mol. The Hall–Kier alpha value is -1.94. The molecule has 4 heterocycles. The van der Waals surface area contributed by atoms with Crippen LogP contribution in [0.5, 0.6) is 5.75 Å². The summed E-state index contributed by atoms with van der Waals surface area (Å²) in [5.41, 5.74) is 1.25. The van der Waals surface area contributed by atoms with Gasteiger partial charge in [0.25, 0.3) is 0 Å². The van der Waals surface area contributed by atoms with E-state index < -0.39 is 36.4 Å². The molecule has 8 nitrogen and oxygen atoms in total. The lowest BCUT2D eigenvalue weighted by Crippen LogP contribution is -2.34. The minimum absolute atomic E-state index is 0.189. The van der Waals surface area contributed by atoms with Crippen molar-refractivity contribution in [1.82, 2.24) is 14.5 Å². The number of hydrogen-bond donors (Lipinski definition) is 1. The molecule has 1 N–H and O–H groups in total. The van der Waals surface area contributed by atoms with E-state index in [0.717, 1.165) is 12.8 Å². The van der Waals surface area contributed by atoms with Crippen LogP contribution in [0.4, 0.5) is 0 Å². The highest BCUT2D eigenvalue weighted by atomic mass is 35.5. The fourth-order valence-corrected chi connectivity index (χ4v) is 4.93. The minimum Gasteiger partial charge on any atom is -0.489 e. The Morgan fingerprint density at radius 3 is 2.73 bits per heavy atom. The molecule has 3 aromatic rings. The number of aliphatic hydroxyl groups is 1. The van der Waals surface area contributed by atoms with Gasteiger partial charge in [-0.15, -0.1) is 0 Å². The molecule has 1 aromatic carbocycles. The van der Waals surface area contributed by atoms with Gasteiger partial charge in [0.05, 0.1) is 16.5 Å². The van der Waals surface area contributed by atoms with Gasteiger partial charge in [-0.25, -0.2) is 9.97 Å². The van der Waals surface area contributed by atoms with Crippen LogP contribution in [0.3, 0.4) is 0 Å². The zero-order valence-electron chi connectivity index (χ0n) is 18.0. The van der Waals surface area contributed by atoms with Crippen LogP contribution in [0, 0.1) is 0 Å². The number of aliphatic hydroxyl groups excluding tert-OH is 1. The zero-order valence-corrected chi connectivity index (χ0v) is 19.5. The van der Waals surface area contributed by atoms with Crippen LogP contribution < -0.4 is 4.74 Å². The van der Waals surface area contributed by atoms with Gasteiger partial charge < -0.3 is 28.6 Å². The third-order valence-electron chi connectivity index (χ3n) is 6.23. The van der Waals surface area contributed by atoms with Gasteiger partial charge in [0.15, 0.2) is 12.0 Å². The number of hydrogen-bond acceptors (Lipinski definition) is 7. The third kappa shape index (κ3) is 3.79. The standard InChI is InChI=1S/C23H23Cl2N3O5/c1-23(2)32-18-17(16(29)11-3-6-14(24)15(9-11)30-12-4-5-12)31-22(19(18)33-23)28-8-7-13-20(25)26-10-27-21(13)28/h3,6-10,12,16-19,22,29H,4-5H2,1-2H3/t16-,17-,18-,19-,22-/m1/s1. The van der Waals surface area contributed by atoms with Crippen LogP contribution in [0.1, 0.15) is 44.6 Å². The number of fused-ring (bicyclic) bond motifs is 2. The molecule has 10 heteroatoms. The Bertz CT molecular complexity index is 1210. The van der Waals surface area contributed by atoms with Crippen LogP contribution in [0.25, 0.3) is 11.0 Å². The van der Waals surface area contributed by atoms with Crippen LogP contribution in [0.2, 0.25) is 10.2 Å². The number of nitrogens with zero attached hydrogens (tertiary/aromatic N) is 3. The van der Waals surface area contributed by atoms with E-state index in [-0.39, 0.29) is 6.10 Å².